The summed E-state index contributed by atoms with van der Waals surface area (Å²) in [6.45, 7) is 6.73. The van der Waals surface area contributed by atoms with Crippen LogP contribution in [0, 0.1) is 0 Å². The lowest BCUT2D eigenvalue weighted by atomic mass is 9.84. The Labute approximate surface area is 120 Å². The maximum atomic E-state index is 6.18. The summed E-state index contributed by atoms with van der Waals surface area (Å²) in [5, 5.41) is 6.77. The van der Waals surface area contributed by atoms with E-state index in [-0.39, 0.29) is 5.60 Å². The lowest BCUT2D eigenvalue weighted by Crippen LogP contribution is -2.48. The second-order valence-corrected chi connectivity index (χ2v) is 5.69. The molecule has 3 rings (SSSR count). The molecular formula is C16H23N3O. The Morgan fingerprint density at radius 3 is 3.05 bits per heavy atom. The Kier molecular flexibility index (Phi) is 3.66. The van der Waals surface area contributed by atoms with Crippen LogP contribution in [-0.2, 0) is 16.8 Å². The van der Waals surface area contributed by atoms with E-state index >= 15 is 0 Å². The maximum absolute atomic E-state index is 6.18. The van der Waals surface area contributed by atoms with Crippen molar-refractivity contribution in [1.29, 1.82) is 0 Å². The molecule has 2 unspecified atom stereocenters. The highest BCUT2D eigenvalue weighted by atomic mass is 16.5. The predicted molar refractivity (Wildman–Crippen MR) is 81.0 cm³/mol. The minimum Gasteiger partial charge on any atom is -0.368 e. The Hall–Kier alpha value is -1.55. The van der Waals surface area contributed by atoms with Crippen LogP contribution in [0.25, 0.3) is 0 Å². The van der Waals surface area contributed by atoms with Crippen LogP contribution in [0.5, 0.6) is 0 Å². The van der Waals surface area contributed by atoms with Gasteiger partial charge in [-0.2, -0.15) is 0 Å². The number of hydrogen-bond acceptors (Lipinski definition) is 4. The van der Waals surface area contributed by atoms with Gasteiger partial charge in [0, 0.05) is 6.04 Å². The van der Waals surface area contributed by atoms with Gasteiger partial charge in [-0.05, 0) is 30.9 Å². The minimum absolute atomic E-state index is 0.231. The highest BCUT2D eigenvalue weighted by Crippen LogP contribution is 2.35. The highest BCUT2D eigenvalue weighted by Gasteiger charge is 2.36. The van der Waals surface area contributed by atoms with Gasteiger partial charge in [-0.15, -0.1) is 0 Å². The quantitative estimate of drug-likeness (QED) is 0.883. The molecule has 2 heterocycles. The maximum Gasteiger partial charge on any atom is 0.191 e. The molecule has 0 fully saturated rings. The van der Waals surface area contributed by atoms with Crippen LogP contribution in [0.3, 0.4) is 0 Å². The average Bonchev–Trinajstić information content (AvgIpc) is 2.91. The van der Waals surface area contributed by atoms with Gasteiger partial charge in [-0.25, -0.2) is 0 Å². The first kappa shape index (κ1) is 13.4. The van der Waals surface area contributed by atoms with Gasteiger partial charge in [0.15, 0.2) is 5.96 Å². The number of nitrogens with zero attached hydrogens (tertiary/aromatic N) is 1. The number of aliphatic imine (C=N–C) groups is 1. The summed E-state index contributed by atoms with van der Waals surface area (Å²) >= 11 is 0. The molecule has 4 nitrogen and oxygen atoms in total. The van der Waals surface area contributed by atoms with E-state index in [0.717, 1.165) is 38.5 Å². The molecule has 0 aliphatic carbocycles. The van der Waals surface area contributed by atoms with Gasteiger partial charge in [-0.3, -0.25) is 4.99 Å². The molecule has 2 atom stereocenters. The zero-order valence-corrected chi connectivity index (χ0v) is 12.3. The molecular weight excluding hydrogens is 250 g/mol. The number of hydrogen-bond donors (Lipinski definition) is 2. The second-order valence-electron chi connectivity index (χ2n) is 5.69. The molecule has 0 aromatic heterocycles. The molecule has 1 aromatic rings. The molecule has 0 saturated heterocycles. The summed E-state index contributed by atoms with van der Waals surface area (Å²) in [5.41, 5.74) is 2.51. The largest absolute Gasteiger partial charge is 0.368 e. The van der Waals surface area contributed by atoms with E-state index in [2.05, 4.69) is 53.7 Å². The third-order valence-electron chi connectivity index (χ3n) is 4.28. The summed E-state index contributed by atoms with van der Waals surface area (Å²) in [7, 11) is 0. The average molecular weight is 273 g/mol. The third kappa shape index (κ3) is 2.40. The third-order valence-corrected chi connectivity index (χ3v) is 4.28. The van der Waals surface area contributed by atoms with E-state index in [1.54, 1.807) is 0 Å². The summed E-state index contributed by atoms with van der Waals surface area (Å²) in [4.78, 5) is 4.46. The second kappa shape index (κ2) is 5.44. The van der Waals surface area contributed by atoms with E-state index in [0.29, 0.717) is 6.04 Å². The fraction of sp³-hybridized carbons (Fsp3) is 0.562. The number of ether oxygens (including phenoxy) is 1. The van der Waals surface area contributed by atoms with Crippen LogP contribution in [0.1, 0.15) is 31.4 Å². The topological polar surface area (TPSA) is 45.7 Å². The lowest BCUT2D eigenvalue weighted by Gasteiger charge is -2.39. The fourth-order valence-corrected chi connectivity index (χ4v) is 3.07. The molecule has 0 amide bonds. The van der Waals surface area contributed by atoms with Crippen LogP contribution < -0.4 is 10.6 Å². The SMILES string of the molecule is CCC1(CNC2=NCC(C)N2)OCCc2ccccc21. The molecule has 1 aromatic carbocycles. The van der Waals surface area contributed by atoms with Gasteiger partial charge in [0.05, 0.1) is 19.7 Å². The molecule has 2 aliphatic heterocycles. The van der Waals surface area contributed by atoms with Crippen LogP contribution in [0.15, 0.2) is 29.3 Å². The monoisotopic (exact) mass is 273 g/mol. The zero-order chi connectivity index (χ0) is 14.0. The van der Waals surface area contributed by atoms with E-state index in [4.69, 9.17) is 4.74 Å². The first-order chi connectivity index (χ1) is 9.73. The fourth-order valence-electron chi connectivity index (χ4n) is 3.07. The van der Waals surface area contributed by atoms with Gasteiger partial charge in [0.1, 0.15) is 5.60 Å². The number of guanidine groups is 1. The Balaban J connectivity index is 1.78. The summed E-state index contributed by atoms with van der Waals surface area (Å²) in [6, 6.07) is 9.06. The lowest BCUT2D eigenvalue weighted by molar-refractivity contribution is -0.0593. The van der Waals surface area contributed by atoms with Crippen molar-refractivity contribution in [2.45, 2.75) is 38.3 Å². The number of benzene rings is 1. The van der Waals surface area contributed by atoms with E-state index in [1.807, 2.05) is 0 Å². The molecule has 2 N–H and O–H groups in total. The van der Waals surface area contributed by atoms with Crippen molar-refractivity contribution in [2.24, 2.45) is 4.99 Å². The molecule has 0 saturated carbocycles. The van der Waals surface area contributed by atoms with Gasteiger partial charge in [-0.1, -0.05) is 31.2 Å². The number of fused-ring (bicyclic) bond motifs is 1. The zero-order valence-electron chi connectivity index (χ0n) is 12.3. The Morgan fingerprint density at radius 1 is 1.45 bits per heavy atom. The van der Waals surface area contributed by atoms with Gasteiger partial charge in [0.2, 0.25) is 0 Å². The molecule has 0 spiro atoms. The van der Waals surface area contributed by atoms with Crippen molar-refractivity contribution in [3.8, 4) is 0 Å². The van der Waals surface area contributed by atoms with Crippen molar-refractivity contribution in [1.82, 2.24) is 10.6 Å². The molecule has 4 heteroatoms. The first-order valence-electron chi connectivity index (χ1n) is 7.51. The number of rotatable bonds is 3. The van der Waals surface area contributed by atoms with Gasteiger partial charge in [0.25, 0.3) is 0 Å². The molecule has 108 valence electrons. The minimum atomic E-state index is -0.231. The normalized spacial score (nSPS) is 28.5. The van der Waals surface area contributed by atoms with Crippen LogP contribution >= 0.6 is 0 Å². The van der Waals surface area contributed by atoms with Crippen molar-refractivity contribution < 1.29 is 4.74 Å². The molecule has 20 heavy (non-hydrogen) atoms. The van der Waals surface area contributed by atoms with Crippen LogP contribution in [0.4, 0.5) is 0 Å². The van der Waals surface area contributed by atoms with E-state index in [9.17, 15) is 0 Å². The van der Waals surface area contributed by atoms with Crippen LogP contribution in [-0.4, -0.2) is 31.7 Å². The predicted octanol–water partition coefficient (Wildman–Crippen LogP) is 1.80. The molecule has 0 radical (unpaired) electrons. The van der Waals surface area contributed by atoms with Crippen molar-refractivity contribution in [3.05, 3.63) is 35.4 Å². The van der Waals surface area contributed by atoms with E-state index in [1.165, 1.54) is 11.1 Å². The van der Waals surface area contributed by atoms with Gasteiger partial charge < -0.3 is 15.4 Å². The smallest absolute Gasteiger partial charge is 0.191 e. The Bertz CT molecular complexity index is 514. The molecule has 2 aliphatic rings. The van der Waals surface area contributed by atoms with Gasteiger partial charge >= 0.3 is 0 Å². The van der Waals surface area contributed by atoms with Crippen LogP contribution in [0.2, 0.25) is 0 Å². The van der Waals surface area contributed by atoms with E-state index < -0.39 is 0 Å². The summed E-state index contributed by atoms with van der Waals surface area (Å²) in [6.07, 6.45) is 1.97. The highest BCUT2D eigenvalue weighted by molar-refractivity contribution is 5.81. The van der Waals surface area contributed by atoms with Crippen molar-refractivity contribution in [3.63, 3.8) is 0 Å². The first-order valence-corrected chi connectivity index (χ1v) is 7.51. The number of nitrogens with one attached hydrogen (secondary N) is 2. The Morgan fingerprint density at radius 2 is 2.30 bits per heavy atom. The standard InChI is InChI=1S/C16H23N3O/c1-3-16(11-18-15-17-10-12(2)19-15)14-7-5-4-6-13(14)8-9-20-16/h4-7,12H,3,8-11H2,1-2H3,(H2,17,18,19). The summed E-state index contributed by atoms with van der Waals surface area (Å²) < 4.78 is 6.18. The van der Waals surface area contributed by atoms with Crippen molar-refractivity contribution >= 4 is 5.96 Å². The van der Waals surface area contributed by atoms with Crippen molar-refractivity contribution in [2.75, 3.05) is 19.7 Å². The molecule has 0 bridgehead atoms. The summed E-state index contributed by atoms with van der Waals surface area (Å²) in [5.74, 6) is 0.900.